The first-order valence-corrected chi connectivity index (χ1v) is 9.64. The molecule has 2 N–H and O–H groups in total. The molecule has 2 heterocycles. The predicted octanol–water partition coefficient (Wildman–Crippen LogP) is 2.26. The smallest absolute Gasteiger partial charge is 0.256 e. The molecule has 126 valence electrons. The number of aromatic nitrogens is 2. The van der Waals surface area contributed by atoms with Crippen LogP contribution in [0.5, 0.6) is 0 Å². The van der Waals surface area contributed by atoms with Gasteiger partial charge in [0.1, 0.15) is 16.5 Å². The minimum Gasteiger partial charge on any atom is -0.256 e. The lowest BCUT2D eigenvalue weighted by Crippen LogP contribution is -2.15. The number of nitrogens with zero attached hydrogens (tertiary/aromatic N) is 2. The van der Waals surface area contributed by atoms with Crippen LogP contribution < -0.4 is 10.0 Å². The average molecular weight is 389 g/mol. The van der Waals surface area contributed by atoms with Crippen LogP contribution in [0.4, 0.5) is 8.78 Å². The number of benzene rings is 1. The molecule has 0 saturated carbocycles. The lowest BCUT2D eigenvalue weighted by atomic mass is 10.1. The molecule has 0 amide bonds. The Hall–Kier alpha value is -1.95. The van der Waals surface area contributed by atoms with Gasteiger partial charge in [-0.3, -0.25) is 4.79 Å². The minimum atomic E-state index is -4.40. The van der Waals surface area contributed by atoms with Crippen molar-refractivity contribution in [2.24, 2.45) is 5.14 Å². The lowest BCUT2D eigenvalue weighted by molar-refractivity contribution is 0.555. The highest BCUT2D eigenvalue weighted by molar-refractivity contribution is 7.89. The van der Waals surface area contributed by atoms with Crippen LogP contribution in [0, 0.1) is 18.6 Å². The van der Waals surface area contributed by atoms with Gasteiger partial charge in [-0.15, -0.1) is 11.3 Å². The Bertz CT molecular complexity index is 1100. The maximum Gasteiger partial charge on any atom is 0.313 e. The van der Waals surface area contributed by atoms with E-state index in [0.717, 1.165) is 15.9 Å². The van der Waals surface area contributed by atoms with Crippen molar-refractivity contribution in [1.29, 1.82) is 0 Å². The van der Waals surface area contributed by atoms with E-state index in [9.17, 15) is 22.0 Å². The number of aryl methyl sites for hydroxylation is 1. The van der Waals surface area contributed by atoms with Gasteiger partial charge in [-0.1, -0.05) is 11.3 Å². The van der Waals surface area contributed by atoms with Crippen LogP contribution in [0.2, 0.25) is 0 Å². The summed E-state index contributed by atoms with van der Waals surface area (Å²) in [4.78, 5) is 14.9. The minimum absolute atomic E-state index is 0.0803. The van der Waals surface area contributed by atoms with Gasteiger partial charge in [0.05, 0.1) is 11.4 Å². The Balaban J connectivity index is 2.25. The van der Waals surface area contributed by atoms with Crippen LogP contribution in [0.1, 0.15) is 5.69 Å². The molecule has 0 aliphatic carbocycles. The Kier molecular flexibility index (Phi) is 4.11. The maximum atomic E-state index is 14.3. The number of primary sulfonamides is 1. The summed E-state index contributed by atoms with van der Waals surface area (Å²) >= 11 is 1.97. The molecule has 6 nitrogen and oxygen atoms in total. The Morgan fingerprint density at radius 3 is 2.46 bits per heavy atom. The molecule has 3 aromatic rings. The molecule has 0 saturated heterocycles. The lowest BCUT2D eigenvalue weighted by Gasteiger charge is -2.08. The van der Waals surface area contributed by atoms with Crippen molar-refractivity contribution in [2.75, 3.05) is 0 Å². The van der Waals surface area contributed by atoms with Gasteiger partial charge in [0, 0.05) is 16.3 Å². The number of rotatable bonds is 3. The van der Waals surface area contributed by atoms with Crippen molar-refractivity contribution in [3.05, 3.63) is 49.9 Å². The second-order valence-corrected chi connectivity index (χ2v) is 7.99. The summed E-state index contributed by atoms with van der Waals surface area (Å²) in [6, 6.07) is 1.20. The molecule has 0 aliphatic heterocycles. The zero-order valence-electron chi connectivity index (χ0n) is 12.0. The Labute approximate surface area is 142 Å². The van der Waals surface area contributed by atoms with E-state index in [1.807, 2.05) is 0 Å². The number of hydrogen-bond acceptors (Lipinski definition) is 6. The van der Waals surface area contributed by atoms with Crippen LogP contribution in [0.15, 0.2) is 32.6 Å². The average Bonchev–Trinajstić information content (AvgIpc) is 3.05. The normalized spacial score (nSPS) is 11.8. The van der Waals surface area contributed by atoms with Crippen LogP contribution in [0.25, 0.3) is 16.4 Å². The summed E-state index contributed by atoms with van der Waals surface area (Å²) < 4.78 is 52.0. The third-order valence-corrected chi connectivity index (χ3v) is 5.69. The molecule has 0 spiro atoms. The van der Waals surface area contributed by atoms with Gasteiger partial charge in [0.2, 0.25) is 10.0 Å². The van der Waals surface area contributed by atoms with Crippen molar-refractivity contribution in [3.63, 3.8) is 0 Å². The van der Waals surface area contributed by atoms with Gasteiger partial charge >= 0.3 is 4.87 Å². The first kappa shape index (κ1) is 16.9. The highest BCUT2D eigenvalue weighted by Crippen LogP contribution is 2.30. The van der Waals surface area contributed by atoms with Crippen LogP contribution in [0.3, 0.4) is 0 Å². The number of sulfonamides is 1. The van der Waals surface area contributed by atoms with Crippen molar-refractivity contribution in [1.82, 2.24) is 9.55 Å². The van der Waals surface area contributed by atoms with Gasteiger partial charge in [-0.2, -0.15) is 0 Å². The van der Waals surface area contributed by atoms with Crippen molar-refractivity contribution in [3.8, 4) is 16.4 Å². The number of nitrogens with two attached hydrogens (primary N) is 1. The molecule has 24 heavy (non-hydrogen) atoms. The molecule has 11 heteroatoms. The van der Waals surface area contributed by atoms with Crippen LogP contribution in [-0.4, -0.2) is 18.0 Å². The van der Waals surface area contributed by atoms with E-state index in [0.29, 0.717) is 23.0 Å². The quantitative estimate of drug-likeness (QED) is 0.743. The second kappa shape index (κ2) is 5.84. The highest BCUT2D eigenvalue weighted by atomic mass is 32.2. The van der Waals surface area contributed by atoms with E-state index in [-0.39, 0.29) is 11.3 Å². The number of halogens is 2. The predicted molar refractivity (Wildman–Crippen MR) is 87.1 cm³/mol. The fourth-order valence-electron chi connectivity index (χ4n) is 2.06. The molecule has 0 aliphatic rings. The summed E-state index contributed by atoms with van der Waals surface area (Å²) in [5, 5.41) is 8.22. The summed E-state index contributed by atoms with van der Waals surface area (Å²) in [5.74, 6) is -2.21. The molecule has 0 bridgehead atoms. The van der Waals surface area contributed by atoms with Crippen LogP contribution >= 0.6 is 22.7 Å². The van der Waals surface area contributed by atoms with Gasteiger partial charge < -0.3 is 0 Å². The Morgan fingerprint density at radius 1 is 1.17 bits per heavy atom. The van der Waals surface area contributed by atoms with Crippen molar-refractivity contribution < 1.29 is 17.2 Å². The van der Waals surface area contributed by atoms with Gasteiger partial charge in [-0.25, -0.2) is 31.9 Å². The summed E-state index contributed by atoms with van der Waals surface area (Å²) in [6.45, 7) is 1.73. The zero-order chi connectivity index (χ0) is 17.6. The van der Waals surface area contributed by atoms with Crippen LogP contribution in [-0.2, 0) is 10.0 Å². The number of hydrogen-bond donors (Lipinski definition) is 1. The van der Waals surface area contributed by atoms with E-state index >= 15 is 0 Å². The zero-order valence-corrected chi connectivity index (χ0v) is 14.4. The second-order valence-electron chi connectivity index (χ2n) is 4.80. The molecule has 2 aromatic heterocycles. The fourth-order valence-corrected chi connectivity index (χ4v) is 4.27. The molecule has 3 rings (SSSR count). The molecule has 0 atom stereocenters. The van der Waals surface area contributed by atoms with E-state index in [1.54, 1.807) is 12.3 Å². The topological polar surface area (TPSA) is 95.0 Å². The van der Waals surface area contributed by atoms with E-state index < -0.39 is 31.4 Å². The molecular formula is C13H9F2N3O3S3. The monoisotopic (exact) mass is 389 g/mol. The van der Waals surface area contributed by atoms with Gasteiger partial charge in [0.25, 0.3) is 0 Å². The maximum absolute atomic E-state index is 14.3. The van der Waals surface area contributed by atoms with Gasteiger partial charge in [0.15, 0.2) is 5.13 Å². The van der Waals surface area contributed by atoms with E-state index in [2.05, 4.69) is 4.98 Å². The highest BCUT2D eigenvalue weighted by Gasteiger charge is 2.22. The molecule has 1 aromatic carbocycles. The summed E-state index contributed by atoms with van der Waals surface area (Å²) in [7, 11) is -4.40. The molecular weight excluding hydrogens is 380 g/mol. The standard InChI is InChI=1S/C13H9F2N3O3S3/c1-6-4-22-12(17-6)18-10(5-23-13(18)19)7-2-9(15)11(3-8(7)14)24(16,20)21/h2-5H,1H3,(H2,16,20,21). The van der Waals surface area contributed by atoms with Crippen molar-refractivity contribution in [2.45, 2.75) is 11.8 Å². The molecule has 0 radical (unpaired) electrons. The summed E-state index contributed by atoms with van der Waals surface area (Å²) in [6.07, 6.45) is 0. The number of thiazole rings is 2. The van der Waals surface area contributed by atoms with Crippen molar-refractivity contribution >= 4 is 32.7 Å². The fraction of sp³-hybridized carbons (Fsp3) is 0.0769. The molecule has 0 fully saturated rings. The van der Waals surface area contributed by atoms with E-state index in [1.165, 1.54) is 16.7 Å². The third-order valence-electron chi connectivity index (χ3n) is 3.10. The first-order chi connectivity index (χ1) is 11.2. The van der Waals surface area contributed by atoms with E-state index in [4.69, 9.17) is 5.14 Å². The third kappa shape index (κ3) is 2.90. The van der Waals surface area contributed by atoms with Gasteiger partial charge in [-0.05, 0) is 19.1 Å². The first-order valence-electron chi connectivity index (χ1n) is 6.33. The summed E-state index contributed by atoms with van der Waals surface area (Å²) in [5.41, 5.74) is 0.498. The largest absolute Gasteiger partial charge is 0.313 e. The SMILES string of the molecule is Cc1csc(-n2c(-c3cc(F)c(S(N)(=O)=O)cc3F)csc2=O)n1. The molecule has 0 unspecified atom stereocenters. The Morgan fingerprint density at radius 2 is 1.88 bits per heavy atom.